The molecule has 0 fully saturated rings. The van der Waals surface area contributed by atoms with Gasteiger partial charge in [-0.05, 0) is 91.3 Å². The fourth-order valence-corrected chi connectivity index (χ4v) is 3.93. The maximum atomic E-state index is 14.7. The molecule has 0 aliphatic carbocycles. The van der Waals surface area contributed by atoms with E-state index < -0.39 is 0 Å². The highest BCUT2D eigenvalue weighted by Crippen LogP contribution is 2.25. The smallest absolute Gasteiger partial charge is 0.131 e. The molecule has 3 rings (SSSR count). The summed E-state index contributed by atoms with van der Waals surface area (Å²) in [7, 11) is 0. The number of hydrogen-bond donors (Lipinski definition) is 0. The molecule has 0 heterocycles. The van der Waals surface area contributed by atoms with Gasteiger partial charge in [-0.15, -0.1) is 13.2 Å². The summed E-state index contributed by atoms with van der Waals surface area (Å²) in [5.41, 5.74) is 5.53. The summed E-state index contributed by atoms with van der Waals surface area (Å²) >= 11 is 0. The SMILES string of the molecule is C=CCCc1ccc(-c2ccc(CCCCc3ccc(CCC=C)c(F)c3)cc2F)cc1. The van der Waals surface area contributed by atoms with Crippen LogP contribution in [0.25, 0.3) is 11.1 Å². The van der Waals surface area contributed by atoms with Gasteiger partial charge in [0.2, 0.25) is 0 Å². The van der Waals surface area contributed by atoms with Gasteiger partial charge in [-0.3, -0.25) is 0 Å². The summed E-state index contributed by atoms with van der Waals surface area (Å²) in [6.07, 6.45) is 10.6. The first-order valence-corrected chi connectivity index (χ1v) is 11.5. The third-order valence-electron chi connectivity index (χ3n) is 5.85. The van der Waals surface area contributed by atoms with E-state index in [1.807, 2.05) is 48.6 Å². The van der Waals surface area contributed by atoms with Gasteiger partial charge in [0.05, 0.1) is 0 Å². The lowest BCUT2D eigenvalue weighted by atomic mass is 9.98. The van der Waals surface area contributed by atoms with Gasteiger partial charge in [0.15, 0.2) is 0 Å². The molecule has 0 aromatic heterocycles. The van der Waals surface area contributed by atoms with Crippen molar-refractivity contribution in [1.82, 2.24) is 0 Å². The normalized spacial score (nSPS) is 10.8. The average Bonchev–Trinajstić information content (AvgIpc) is 2.80. The van der Waals surface area contributed by atoms with E-state index in [1.165, 1.54) is 5.56 Å². The zero-order chi connectivity index (χ0) is 22.8. The number of halogens is 2. The Kier molecular flexibility index (Phi) is 8.98. The van der Waals surface area contributed by atoms with Crippen LogP contribution in [0.5, 0.6) is 0 Å². The van der Waals surface area contributed by atoms with Gasteiger partial charge in [0.25, 0.3) is 0 Å². The molecule has 0 spiro atoms. The van der Waals surface area contributed by atoms with Crippen molar-refractivity contribution < 1.29 is 8.78 Å². The molecule has 3 aromatic rings. The molecule has 0 N–H and O–H groups in total. The molecule has 166 valence electrons. The number of rotatable bonds is 12. The van der Waals surface area contributed by atoms with Crippen molar-refractivity contribution in [3.8, 4) is 11.1 Å². The van der Waals surface area contributed by atoms with Gasteiger partial charge >= 0.3 is 0 Å². The molecule has 0 bridgehead atoms. The maximum absolute atomic E-state index is 14.7. The van der Waals surface area contributed by atoms with Crippen LogP contribution in [0.4, 0.5) is 8.78 Å². The average molecular weight is 431 g/mol. The second-order valence-corrected chi connectivity index (χ2v) is 8.30. The van der Waals surface area contributed by atoms with Crippen molar-refractivity contribution in [1.29, 1.82) is 0 Å². The lowest BCUT2D eigenvalue weighted by Gasteiger charge is -2.09. The molecule has 3 aromatic carbocycles. The number of aryl methyl sites for hydroxylation is 4. The van der Waals surface area contributed by atoms with Crippen molar-refractivity contribution in [3.63, 3.8) is 0 Å². The van der Waals surface area contributed by atoms with Crippen molar-refractivity contribution in [2.24, 2.45) is 0 Å². The first-order valence-electron chi connectivity index (χ1n) is 11.5. The number of hydrogen-bond acceptors (Lipinski definition) is 0. The Morgan fingerprint density at radius 3 is 1.75 bits per heavy atom. The fraction of sp³-hybridized carbons (Fsp3) is 0.267. The Labute approximate surface area is 191 Å². The highest BCUT2D eigenvalue weighted by Gasteiger charge is 2.07. The van der Waals surface area contributed by atoms with Crippen molar-refractivity contribution >= 4 is 0 Å². The van der Waals surface area contributed by atoms with E-state index in [1.54, 1.807) is 12.1 Å². The monoisotopic (exact) mass is 430 g/mol. The van der Waals surface area contributed by atoms with Gasteiger partial charge in [-0.1, -0.05) is 60.7 Å². The van der Waals surface area contributed by atoms with Crippen molar-refractivity contribution in [3.05, 3.63) is 120 Å². The Hall–Kier alpha value is -3.00. The molecule has 0 unspecified atom stereocenters. The van der Waals surface area contributed by atoms with Crippen LogP contribution < -0.4 is 0 Å². The molecule has 0 radical (unpaired) electrons. The van der Waals surface area contributed by atoms with Gasteiger partial charge in [-0.2, -0.15) is 0 Å². The molecule has 0 aliphatic heterocycles. The van der Waals surface area contributed by atoms with Crippen LogP contribution in [0.2, 0.25) is 0 Å². The van der Waals surface area contributed by atoms with Gasteiger partial charge in [-0.25, -0.2) is 8.78 Å². The van der Waals surface area contributed by atoms with Gasteiger partial charge < -0.3 is 0 Å². The molecule has 32 heavy (non-hydrogen) atoms. The molecular formula is C30H32F2. The summed E-state index contributed by atoms with van der Waals surface area (Å²) in [6.45, 7) is 7.44. The third kappa shape index (κ3) is 6.75. The quantitative estimate of drug-likeness (QED) is 0.200. The van der Waals surface area contributed by atoms with E-state index in [9.17, 15) is 8.78 Å². The minimum absolute atomic E-state index is 0.129. The maximum Gasteiger partial charge on any atom is 0.131 e. The van der Waals surface area contributed by atoms with Crippen LogP contribution in [-0.2, 0) is 25.7 Å². The standard InChI is InChI=1S/C30H32F2/c1-3-5-9-23-13-17-26(18-14-23)28-20-16-25(22-30(28)32)11-8-7-10-24-15-19-27(12-6-4-2)29(31)21-24/h3-4,13-22H,1-2,5-12H2. The van der Waals surface area contributed by atoms with E-state index in [2.05, 4.69) is 25.3 Å². The molecular weight excluding hydrogens is 398 g/mol. The van der Waals surface area contributed by atoms with Gasteiger partial charge in [0, 0.05) is 5.56 Å². The predicted octanol–water partition coefficient (Wildman–Crippen LogP) is 8.43. The Morgan fingerprint density at radius 1 is 0.594 bits per heavy atom. The summed E-state index contributed by atoms with van der Waals surface area (Å²) < 4.78 is 28.9. The highest BCUT2D eigenvalue weighted by atomic mass is 19.1. The molecule has 0 saturated carbocycles. The third-order valence-corrected chi connectivity index (χ3v) is 5.85. The second-order valence-electron chi connectivity index (χ2n) is 8.30. The van der Waals surface area contributed by atoms with Crippen LogP contribution in [0.1, 0.15) is 47.9 Å². The summed E-state index contributed by atoms with van der Waals surface area (Å²) in [4.78, 5) is 0. The largest absolute Gasteiger partial charge is 0.207 e. The number of allylic oxidation sites excluding steroid dienone is 2. The van der Waals surface area contributed by atoms with Crippen molar-refractivity contribution in [2.75, 3.05) is 0 Å². The van der Waals surface area contributed by atoms with E-state index >= 15 is 0 Å². The van der Waals surface area contributed by atoms with Crippen molar-refractivity contribution in [2.45, 2.75) is 51.4 Å². The Morgan fingerprint density at radius 2 is 1.16 bits per heavy atom. The summed E-state index contributed by atoms with van der Waals surface area (Å²) in [5.74, 6) is -0.311. The van der Waals surface area contributed by atoms with Crippen LogP contribution in [0.15, 0.2) is 86.0 Å². The van der Waals surface area contributed by atoms with Crippen LogP contribution in [0, 0.1) is 11.6 Å². The zero-order valence-electron chi connectivity index (χ0n) is 18.8. The first kappa shape index (κ1) is 23.7. The number of benzene rings is 3. The highest BCUT2D eigenvalue weighted by molar-refractivity contribution is 5.64. The summed E-state index contributed by atoms with van der Waals surface area (Å²) in [6, 6.07) is 19.2. The van der Waals surface area contributed by atoms with Gasteiger partial charge in [0.1, 0.15) is 11.6 Å². The van der Waals surface area contributed by atoms with Crippen LogP contribution in [-0.4, -0.2) is 0 Å². The Bertz CT molecular complexity index is 1030. The van der Waals surface area contributed by atoms with E-state index in [-0.39, 0.29) is 11.6 Å². The fourth-order valence-electron chi connectivity index (χ4n) is 3.93. The molecule has 2 heteroatoms. The van der Waals surface area contributed by atoms with Crippen LogP contribution in [0.3, 0.4) is 0 Å². The topological polar surface area (TPSA) is 0 Å². The first-order chi connectivity index (χ1) is 15.6. The Balaban J connectivity index is 1.51. The van der Waals surface area contributed by atoms with E-state index in [0.717, 1.165) is 67.2 Å². The van der Waals surface area contributed by atoms with E-state index in [0.29, 0.717) is 12.0 Å². The van der Waals surface area contributed by atoms with Crippen LogP contribution >= 0.6 is 0 Å². The molecule has 0 saturated heterocycles. The second kappa shape index (κ2) is 12.1. The van der Waals surface area contributed by atoms with E-state index in [4.69, 9.17) is 0 Å². The zero-order valence-corrected chi connectivity index (χ0v) is 18.8. The molecule has 0 aliphatic rings. The summed E-state index contributed by atoms with van der Waals surface area (Å²) in [5, 5.41) is 0. The number of unbranched alkanes of at least 4 members (excludes halogenated alkanes) is 1. The molecule has 0 nitrogen and oxygen atoms in total. The lowest BCUT2D eigenvalue weighted by Crippen LogP contribution is -1.95. The lowest BCUT2D eigenvalue weighted by molar-refractivity contribution is 0.605. The molecule has 0 amide bonds. The minimum atomic E-state index is -0.182. The minimum Gasteiger partial charge on any atom is -0.207 e. The molecule has 0 atom stereocenters. The predicted molar refractivity (Wildman–Crippen MR) is 132 cm³/mol.